The van der Waals surface area contributed by atoms with Gasteiger partial charge in [-0.25, -0.2) is 9.59 Å². The average molecular weight is 468 g/mol. The third-order valence-corrected chi connectivity index (χ3v) is 6.31. The van der Waals surface area contributed by atoms with Crippen molar-refractivity contribution in [2.24, 2.45) is 0 Å². The molecule has 0 amide bonds. The summed E-state index contributed by atoms with van der Waals surface area (Å²) in [5, 5.41) is 1.52. The van der Waals surface area contributed by atoms with Gasteiger partial charge in [-0.3, -0.25) is 0 Å². The highest BCUT2D eigenvalue weighted by Crippen LogP contribution is 2.34. The predicted octanol–water partition coefficient (Wildman–Crippen LogP) is 6.09. The van der Waals surface area contributed by atoms with Gasteiger partial charge in [0.15, 0.2) is 0 Å². The molecule has 0 atom stereocenters. The number of fused-ring (bicyclic) bond motifs is 2. The van der Waals surface area contributed by atoms with E-state index >= 15 is 0 Å². The normalized spacial score (nSPS) is 11.2. The van der Waals surface area contributed by atoms with Crippen LogP contribution < -0.4 is 20.9 Å². The lowest BCUT2D eigenvalue weighted by molar-refractivity contribution is 0.415. The molecule has 5 rings (SSSR count). The maximum atomic E-state index is 13.1. The Labute approximate surface area is 202 Å². The molecule has 2 aromatic heterocycles. The van der Waals surface area contributed by atoms with Gasteiger partial charge in [0.05, 0.1) is 12.7 Å². The largest absolute Gasteiger partial charge is 0.497 e. The Kier molecular flexibility index (Phi) is 5.87. The van der Waals surface area contributed by atoms with Crippen LogP contribution in [0.1, 0.15) is 13.8 Å². The lowest BCUT2D eigenvalue weighted by atomic mass is 9.97. The van der Waals surface area contributed by atoms with Gasteiger partial charge < -0.3 is 18.5 Å². The molecule has 0 bridgehead atoms. The van der Waals surface area contributed by atoms with E-state index in [9.17, 15) is 9.59 Å². The Bertz CT molecular complexity index is 1640. The minimum absolute atomic E-state index is 0.341. The van der Waals surface area contributed by atoms with Crippen molar-refractivity contribution in [2.45, 2.75) is 13.8 Å². The number of hydrogen-bond donors (Lipinski definition) is 0. The second-order valence-corrected chi connectivity index (χ2v) is 8.23. The molecule has 3 aromatic carbocycles. The Balaban J connectivity index is 1.69. The number of rotatable bonds is 6. The molecule has 0 aliphatic heterocycles. The van der Waals surface area contributed by atoms with Crippen LogP contribution in [0.3, 0.4) is 0 Å². The second kappa shape index (κ2) is 9.14. The van der Waals surface area contributed by atoms with Crippen LogP contribution in [0, 0.1) is 0 Å². The van der Waals surface area contributed by atoms with E-state index in [1.165, 1.54) is 6.07 Å². The fraction of sp³-hybridized carbons (Fsp3) is 0.172. The molecule has 176 valence electrons. The summed E-state index contributed by atoms with van der Waals surface area (Å²) in [6, 6.07) is 22.0. The maximum Gasteiger partial charge on any atom is 0.344 e. The van der Waals surface area contributed by atoms with Crippen LogP contribution in [0.15, 0.2) is 91.2 Å². The van der Waals surface area contributed by atoms with E-state index in [-0.39, 0.29) is 0 Å². The Morgan fingerprint density at radius 1 is 0.800 bits per heavy atom. The van der Waals surface area contributed by atoms with Crippen molar-refractivity contribution in [1.29, 1.82) is 0 Å². The molecular weight excluding hydrogens is 442 g/mol. The summed E-state index contributed by atoms with van der Waals surface area (Å²) in [6.07, 6.45) is 0. The molecule has 2 heterocycles. The zero-order chi connectivity index (χ0) is 24.5. The van der Waals surface area contributed by atoms with Crippen LogP contribution in [0.2, 0.25) is 0 Å². The molecule has 5 aromatic rings. The van der Waals surface area contributed by atoms with Crippen LogP contribution in [0.4, 0.5) is 5.69 Å². The number of nitrogens with zero attached hydrogens (tertiary/aromatic N) is 1. The van der Waals surface area contributed by atoms with Crippen LogP contribution in [0.25, 0.3) is 44.2 Å². The number of ether oxygens (including phenoxy) is 1. The first kappa shape index (κ1) is 22.5. The van der Waals surface area contributed by atoms with Crippen LogP contribution in [0.5, 0.6) is 5.75 Å². The Morgan fingerprint density at radius 3 is 2.29 bits per heavy atom. The summed E-state index contributed by atoms with van der Waals surface area (Å²) in [6.45, 7) is 5.88. The van der Waals surface area contributed by atoms with Gasteiger partial charge in [-0.2, -0.15) is 0 Å². The van der Waals surface area contributed by atoms with E-state index in [1.54, 1.807) is 19.2 Å². The van der Waals surface area contributed by atoms with Gasteiger partial charge in [-0.05, 0) is 55.3 Å². The van der Waals surface area contributed by atoms with E-state index < -0.39 is 11.3 Å². The fourth-order valence-electron chi connectivity index (χ4n) is 4.48. The zero-order valence-electron chi connectivity index (χ0n) is 19.8. The van der Waals surface area contributed by atoms with Crippen molar-refractivity contribution in [2.75, 3.05) is 25.1 Å². The summed E-state index contributed by atoms with van der Waals surface area (Å²) in [4.78, 5) is 27.8. The maximum absolute atomic E-state index is 13.1. The van der Waals surface area contributed by atoms with Gasteiger partial charge in [0.25, 0.3) is 0 Å². The molecule has 0 unspecified atom stereocenters. The Morgan fingerprint density at radius 2 is 1.57 bits per heavy atom. The van der Waals surface area contributed by atoms with E-state index in [1.807, 2.05) is 54.6 Å². The third-order valence-electron chi connectivity index (χ3n) is 6.31. The third kappa shape index (κ3) is 4.08. The number of benzene rings is 3. The number of hydrogen-bond acceptors (Lipinski definition) is 6. The first-order chi connectivity index (χ1) is 17.0. The van der Waals surface area contributed by atoms with Crippen LogP contribution >= 0.6 is 0 Å². The zero-order valence-corrected chi connectivity index (χ0v) is 19.8. The van der Waals surface area contributed by atoms with E-state index in [0.29, 0.717) is 22.3 Å². The minimum Gasteiger partial charge on any atom is -0.497 e. The molecular formula is C29H25NO5. The van der Waals surface area contributed by atoms with Gasteiger partial charge in [-0.1, -0.05) is 30.3 Å². The topological polar surface area (TPSA) is 72.9 Å². The molecule has 0 N–H and O–H groups in total. The first-order valence-corrected chi connectivity index (χ1v) is 11.6. The SMILES string of the molecule is CCN(CC)c1ccc2cc(-c3cccc4c(-c5ccc(OC)cc5)cc(=O)oc34)c(=O)oc2c1. The van der Waals surface area contributed by atoms with Crippen LogP contribution in [-0.2, 0) is 0 Å². The molecule has 0 spiro atoms. The molecule has 0 saturated carbocycles. The highest BCUT2D eigenvalue weighted by molar-refractivity contribution is 6.01. The first-order valence-electron chi connectivity index (χ1n) is 11.6. The van der Waals surface area contributed by atoms with E-state index in [2.05, 4.69) is 18.7 Å². The van der Waals surface area contributed by atoms with E-state index in [4.69, 9.17) is 13.6 Å². The van der Waals surface area contributed by atoms with Crippen molar-refractivity contribution in [1.82, 2.24) is 0 Å². The Hall–Kier alpha value is -4.32. The summed E-state index contributed by atoms with van der Waals surface area (Å²) in [5.41, 5.74) is 3.29. The summed E-state index contributed by atoms with van der Waals surface area (Å²) in [7, 11) is 1.60. The fourth-order valence-corrected chi connectivity index (χ4v) is 4.48. The van der Waals surface area contributed by atoms with Crippen molar-refractivity contribution in [3.8, 4) is 28.0 Å². The molecule has 0 fully saturated rings. The quantitative estimate of drug-likeness (QED) is 0.282. The number of anilines is 1. The van der Waals surface area contributed by atoms with Gasteiger partial charge in [0, 0.05) is 47.2 Å². The molecule has 0 saturated heterocycles. The lowest BCUT2D eigenvalue weighted by Gasteiger charge is -2.21. The van der Waals surface area contributed by atoms with Crippen molar-refractivity contribution in [3.05, 3.63) is 93.6 Å². The van der Waals surface area contributed by atoms with Crippen molar-refractivity contribution >= 4 is 27.6 Å². The minimum atomic E-state index is -0.496. The molecule has 0 aliphatic rings. The molecule has 0 radical (unpaired) electrons. The van der Waals surface area contributed by atoms with Gasteiger partial charge in [0.1, 0.15) is 16.9 Å². The van der Waals surface area contributed by atoms with Crippen molar-refractivity contribution < 1.29 is 13.6 Å². The molecule has 0 aliphatic carbocycles. The van der Waals surface area contributed by atoms with Crippen molar-refractivity contribution in [3.63, 3.8) is 0 Å². The van der Waals surface area contributed by atoms with Gasteiger partial charge in [0.2, 0.25) is 0 Å². The van der Waals surface area contributed by atoms with Gasteiger partial charge in [-0.15, -0.1) is 0 Å². The molecule has 35 heavy (non-hydrogen) atoms. The summed E-state index contributed by atoms with van der Waals surface area (Å²) in [5.74, 6) is 0.722. The monoisotopic (exact) mass is 467 g/mol. The standard InChI is InChI=1S/C29H25NO5/c1-4-30(5-2)20-12-9-19-15-25(29(32)34-26(19)16-20)23-8-6-7-22-24(17-27(31)35-28(22)23)18-10-13-21(33-3)14-11-18/h6-17H,4-5H2,1-3H3. The highest BCUT2D eigenvalue weighted by atomic mass is 16.5. The smallest absolute Gasteiger partial charge is 0.344 e. The summed E-state index contributed by atoms with van der Waals surface area (Å²) >= 11 is 0. The number of para-hydroxylation sites is 1. The molecule has 6 heteroatoms. The predicted molar refractivity (Wildman–Crippen MR) is 140 cm³/mol. The van der Waals surface area contributed by atoms with E-state index in [0.717, 1.165) is 46.4 Å². The summed E-state index contributed by atoms with van der Waals surface area (Å²) < 4.78 is 16.6. The number of methoxy groups -OCH3 is 1. The van der Waals surface area contributed by atoms with Gasteiger partial charge >= 0.3 is 11.3 Å². The second-order valence-electron chi connectivity index (χ2n) is 8.23. The average Bonchev–Trinajstić information content (AvgIpc) is 2.88. The lowest BCUT2D eigenvalue weighted by Crippen LogP contribution is -2.21. The molecule has 6 nitrogen and oxygen atoms in total. The van der Waals surface area contributed by atoms with Crippen LogP contribution in [-0.4, -0.2) is 20.2 Å². The highest BCUT2D eigenvalue weighted by Gasteiger charge is 2.17.